The molecule has 9 nitrogen and oxygen atoms in total. The monoisotopic (exact) mass is 502 g/mol. The summed E-state index contributed by atoms with van der Waals surface area (Å²) in [6.45, 7) is 4.58. The van der Waals surface area contributed by atoms with Crippen molar-refractivity contribution in [3.05, 3.63) is 45.9 Å². The van der Waals surface area contributed by atoms with Gasteiger partial charge in [-0.25, -0.2) is 9.69 Å². The molecule has 0 atom stereocenters. The number of imide groups is 2. The number of nitrogens with zero attached hydrogens (tertiary/aromatic N) is 1. The maximum Gasteiger partial charge on any atom is 0.335 e. The van der Waals surface area contributed by atoms with E-state index in [1.54, 1.807) is 24.3 Å². The first-order valence-electron chi connectivity index (χ1n) is 9.83. The zero-order valence-corrected chi connectivity index (χ0v) is 18.9. The predicted octanol–water partition coefficient (Wildman–Crippen LogP) is 3.64. The number of nitrogens with one attached hydrogen (secondary N) is 1. The van der Waals surface area contributed by atoms with Crippen LogP contribution in [0.4, 0.5) is 10.5 Å². The smallest absolute Gasteiger partial charge is 0.335 e. The van der Waals surface area contributed by atoms with Gasteiger partial charge in [-0.3, -0.25) is 14.9 Å². The van der Waals surface area contributed by atoms with Crippen LogP contribution in [0.25, 0.3) is 6.08 Å². The van der Waals surface area contributed by atoms with Gasteiger partial charge in [-0.1, -0.05) is 0 Å². The first kappa shape index (κ1) is 21.7. The average Bonchev–Trinajstić information content (AvgIpc) is 3.22. The summed E-state index contributed by atoms with van der Waals surface area (Å²) in [5, 5.41) is 2.20. The van der Waals surface area contributed by atoms with E-state index in [2.05, 4.69) is 21.2 Å². The molecular weight excluding hydrogens is 484 g/mol. The second-order valence-corrected chi connectivity index (χ2v) is 7.55. The third-order valence-electron chi connectivity index (χ3n) is 4.65. The summed E-state index contributed by atoms with van der Waals surface area (Å²) in [6, 6.07) is 7.15. The highest BCUT2D eigenvalue weighted by Gasteiger charge is 2.37. The van der Waals surface area contributed by atoms with E-state index in [0.717, 1.165) is 4.90 Å². The number of carbonyl (C=O) groups excluding carboxylic acids is 3. The van der Waals surface area contributed by atoms with E-state index in [-0.39, 0.29) is 18.1 Å². The van der Waals surface area contributed by atoms with Crippen molar-refractivity contribution in [3.8, 4) is 23.0 Å². The van der Waals surface area contributed by atoms with Gasteiger partial charge in [-0.15, -0.1) is 0 Å². The topological polar surface area (TPSA) is 103 Å². The van der Waals surface area contributed by atoms with Crippen molar-refractivity contribution in [2.24, 2.45) is 0 Å². The van der Waals surface area contributed by atoms with Gasteiger partial charge in [-0.2, -0.15) is 0 Å². The van der Waals surface area contributed by atoms with Crippen LogP contribution < -0.4 is 29.2 Å². The van der Waals surface area contributed by atoms with Gasteiger partial charge in [0.15, 0.2) is 23.0 Å². The quantitative estimate of drug-likeness (QED) is 0.474. The Morgan fingerprint density at radius 1 is 1.06 bits per heavy atom. The molecular formula is C22H19BrN2O7. The van der Waals surface area contributed by atoms with Gasteiger partial charge in [0, 0.05) is 6.07 Å². The molecule has 4 rings (SSSR count). The molecule has 1 fully saturated rings. The molecule has 2 aliphatic rings. The highest BCUT2D eigenvalue weighted by Crippen LogP contribution is 2.39. The number of rotatable bonds is 6. The molecule has 2 aromatic carbocycles. The van der Waals surface area contributed by atoms with Crippen LogP contribution in [-0.4, -0.2) is 37.9 Å². The molecule has 0 aliphatic carbocycles. The summed E-state index contributed by atoms with van der Waals surface area (Å²) in [6.07, 6.45) is 1.40. The number of ether oxygens (including phenoxy) is 4. The Morgan fingerprint density at radius 2 is 1.81 bits per heavy atom. The number of fused-ring (bicyclic) bond motifs is 1. The van der Waals surface area contributed by atoms with Crippen LogP contribution in [0.3, 0.4) is 0 Å². The molecule has 0 unspecified atom stereocenters. The lowest BCUT2D eigenvalue weighted by Gasteiger charge is -2.26. The number of amides is 4. The van der Waals surface area contributed by atoms with Gasteiger partial charge < -0.3 is 18.9 Å². The number of anilines is 1. The normalized spacial score (nSPS) is 16.4. The van der Waals surface area contributed by atoms with E-state index in [4.69, 9.17) is 18.9 Å². The first-order valence-corrected chi connectivity index (χ1v) is 10.6. The minimum atomic E-state index is -0.848. The molecule has 2 aliphatic heterocycles. The molecule has 166 valence electrons. The van der Waals surface area contributed by atoms with Crippen LogP contribution in [0.15, 0.2) is 40.4 Å². The maximum atomic E-state index is 13.2. The highest BCUT2D eigenvalue weighted by atomic mass is 79.9. The summed E-state index contributed by atoms with van der Waals surface area (Å²) in [5.41, 5.74) is 0.557. The minimum absolute atomic E-state index is 0.0529. The van der Waals surface area contributed by atoms with Crippen LogP contribution in [0.2, 0.25) is 0 Å². The van der Waals surface area contributed by atoms with Gasteiger partial charge >= 0.3 is 6.03 Å². The van der Waals surface area contributed by atoms with Gasteiger partial charge in [-0.05, 0) is 65.7 Å². The molecule has 2 aromatic rings. The van der Waals surface area contributed by atoms with Gasteiger partial charge in [0.2, 0.25) is 6.79 Å². The van der Waals surface area contributed by atoms with Crippen molar-refractivity contribution in [1.82, 2.24) is 5.32 Å². The minimum Gasteiger partial charge on any atom is -0.490 e. The lowest BCUT2D eigenvalue weighted by Crippen LogP contribution is -2.54. The van der Waals surface area contributed by atoms with Crippen LogP contribution >= 0.6 is 15.9 Å². The fourth-order valence-corrected chi connectivity index (χ4v) is 3.88. The molecule has 1 saturated heterocycles. The lowest BCUT2D eigenvalue weighted by atomic mass is 10.1. The molecule has 10 heteroatoms. The lowest BCUT2D eigenvalue weighted by molar-refractivity contribution is -0.122. The van der Waals surface area contributed by atoms with Crippen LogP contribution in [0.1, 0.15) is 19.4 Å². The standard InChI is InChI=1S/C22H19BrN2O7/c1-3-29-18-9-12(8-15(23)19(18)30-4-2)7-14-20(26)24-22(28)25(21(14)27)13-5-6-16-17(10-13)32-11-31-16/h5-10H,3-4,11H2,1-2H3,(H,24,26,28)/b14-7+. The fourth-order valence-electron chi connectivity index (χ4n) is 3.30. The predicted molar refractivity (Wildman–Crippen MR) is 118 cm³/mol. The second-order valence-electron chi connectivity index (χ2n) is 6.69. The average molecular weight is 503 g/mol. The Labute approximate surface area is 192 Å². The second kappa shape index (κ2) is 8.91. The summed E-state index contributed by atoms with van der Waals surface area (Å²) in [5.74, 6) is 0.340. The Hall–Kier alpha value is -3.53. The molecule has 4 amide bonds. The van der Waals surface area contributed by atoms with Crippen molar-refractivity contribution >= 4 is 45.5 Å². The summed E-state index contributed by atoms with van der Waals surface area (Å²) in [4.78, 5) is 39.0. The Morgan fingerprint density at radius 3 is 2.56 bits per heavy atom. The first-order chi connectivity index (χ1) is 15.4. The number of barbiturate groups is 1. The molecule has 0 saturated carbocycles. The van der Waals surface area contributed by atoms with Gasteiger partial charge in [0.05, 0.1) is 23.4 Å². The van der Waals surface area contributed by atoms with Crippen LogP contribution in [-0.2, 0) is 9.59 Å². The number of halogens is 1. The third-order valence-corrected chi connectivity index (χ3v) is 5.24. The van der Waals surface area contributed by atoms with E-state index in [0.29, 0.717) is 46.2 Å². The third kappa shape index (κ3) is 4.01. The molecule has 2 heterocycles. The van der Waals surface area contributed by atoms with E-state index >= 15 is 0 Å². The van der Waals surface area contributed by atoms with Crippen molar-refractivity contribution < 1.29 is 33.3 Å². The number of urea groups is 1. The van der Waals surface area contributed by atoms with E-state index in [1.165, 1.54) is 12.1 Å². The molecule has 0 aromatic heterocycles. The zero-order chi connectivity index (χ0) is 22.8. The maximum absolute atomic E-state index is 13.2. The summed E-state index contributed by atoms with van der Waals surface area (Å²) < 4.78 is 22.4. The van der Waals surface area contributed by atoms with Crippen molar-refractivity contribution in [1.29, 1.82) is 0 Å². The van der Waals surface area contributed by atoms with E-state index in [9.17, 15) is 14.4 Å². The largest absolute Gasteiger partial charge is 0.490 e. The van der Waals surface area contributed by atoms with Crippen LogP contribution in [0, 0.1) is 0 Å². The van der Waals surface area contributed by atoms with E-state index in [1.807, 2.05) is 13.8 Å². The molecule has 1 N–H and O–H groups in total. The number of benzene rings is 2. The SMILES string of the molecule is CCOc1cc(/C=C2\C(=O)NC(=O)N(c3ccc4c(c3)OCO4)C2=O)cc(Br)c1OCC. The molecule has 32 heavy (non-hydrogen) atoms. The van der Waals surface area contributed by atoms with Crippen molar-refractivity contribution in [2.45, 2.75) is 13.8 Å². The Bertz CT molecular complexity index is 1150. The van der Waals surface area contributed by atoms with Gasteiger partial charge in [0.1, 0.15) is 5.57 Å². The van der Waals surface area contributed by atoms with Crippen molar-refractivity contribution in [3.63, 3.8) is 0 Å². The molecule has 0 spiro atoms. The molecule has 0 bridgehead atoms. The Balaban J connectivity index is 1.72. The van der Waals surface area contributed by atoms with E-state index < -0.39 is 17.8 Å². The number of hydrogen-bond acceptors (Lipinski definition) is 7. The summed E-state index contributed by atoms with van der Waals surface area (Å²) >= 11 is 3.44. The molecule has 0 radical (unpaired) electrons. The van der Waals surface area contributed by atoms with Gasteiger partial charge in [0.25, 0.3) is 11.8 Å². The van der Waals surface area contributed by atoms with Crippen molar-refractivity contribution in [2.75, 3.05) is 24.9 Å². The number of carbonyl (C=O) groups is 3. The fraction of sp³-hybridized carbons (Fsp3) is 0.227. The zero-order valence-electron chi connectivity index (χ0n) is 17.3. The van der Waals surface area contributed by atoms with Crippen LogP contribution in [0.5, 0.6) is 23.0 Å². The summed E-state index contributed by atoms with van der Waals surface area (Å²) in [7, 11) is 0. The highest BCUT2D eigenvalue weighted by molar-refractivity contribution is 9.10. The number of hydrogen-bond donors (Lipinski definition) is 1. The Kier molecular flexibility index (Phi) is 6.04.